The molecule has 0 spiro atoms. The first kappa shape index (κ1) is 18.6. The number of carbonyl (C=O) groups excluding carboxylic acids is 1. The predicted octanol–water partition coefficient (Wildman–Crippen LogP) is 5.18. The number of ether oxygens (including phenoxy) is 1. The Balaban J connectivity index is 1.64. The third-order valence-corrected chi connectivity index (χ3v) is 5.81. The molecule has 3 aromatic rings. The fourth-order valence-electron chi connectivity index (χ4n) is 4.33. The smallest absolute Gasteiger partial charge is 0.313 e. The van der Waals surface area contributed by atoms with Gasteiger partial charge in [0.2, 0.25) is 0 Å². The zero-order valence-corrected chi connectivity index (χ0v) is 16.7. The summed E-state index contributed by atoms with van der Waals surface area (Å²) < 4.78 is 5.70. The highest BCUT2D eigenvalue weighted by molar-refractivity contribution is 5.93. The van der Waals surface area contributed by atoms with Crippen LogP contribution in [0.5, 0.6) is 0 Å². The number of H-pyrrole nitrogens is 1. The second-order valence-electron chi connectivity index (χ2n) is 7.46. The highest BCUT2D eigenvalue weighted by atomic mass is 16.5. The number of anilines is 1. The average Bonchev–Trinajstić information content (AvgIpc) is 3.12. The monoisotopic (exact) mass is 376 g/mol. The molecule has 0 amide bonds. The molecule has 1 aliphatic carbocycles. The standard InChI is InChI=1S/C24H28N2O2/c1-3-26(4-2)18-13-14-21-20(15-18)23-19(11-8-12-22(23)25-21)24(27)28-16-17-9-6-5-7-10-17/h5-7,9-10,13-15,19,25H,3-4,8,11-12,16H2,1-2H3. The summed E-state index contributed by atoms with van der Waals surface area (Å²) in [5.74, 6) is -0.299. The molecular weight excluding hydrogens is 348 g/mol. The van der Waals surface area contributed by atoms with Crippen molar-refractivity contribution in [1.82, 2.24) is 4.98 Å². The minimum atomic E-state index is -0.187. The van der Waals surface area contributed by atoms with E-state index in [2.05, 4.69) is 41.9 Å². The molecule has 4 rings (SSSR count). The third-order valence-electron chi connectivity index (χ3n) is 5.81. The van der Waals surface area contributed by atoms with E-state index in [1.54, 1.807) is 0 Å². The summed E-state index contributed by atoms with van der Waals surface area (Å²) in [5.41, 5.74) is 5.69. The van der Waals surface area contributed by atoms with Gasteiger partial charge in [-0.15, -0.1) is 0 Å². The molecule has 2 aromatic carbocycles. The van der Waals surface area contributed by atoms with Crippen molar-refractivity contribution in [2.24, 2.45) is 0 Å². The number of aryl methyl sites for hydroxylation is 1. The van der Waals surface area contributed by atoms with Gasteiger partial charge in [-0.25, -0.2) is 0 Å². The van der Waals surface area contributed by atoms with Crippen molar-refractivity contribution in [3.05, 3.63) is 65.4 Å². The summed E-state index contributed by atoms with van der Waals surface area (Å²) in [4.78, 5) is 18.8. The lowest BCUT2D eigenvalue weighted by Crippen LogP contribution is -2.22. The van der Waals surface area contributed by atoms with Crippen molar-refractivity contribution < 1.29 is 9.53 Å². The maximum Gasteiger partial charge on any atom is 0.313 e. The molecule has 1 N–H and O–H groups in total. The molecule has 0 saturated heterocycles. The second-order valence-corrected chi connectivity index (χ2v) is 7.46. The number of rotatable bonds is 6. The predicted molar refractivity (Wildman–Crippen MR) is 114 cm³/mol. The van der Waals surface area contributed by atoms with Crippen molar-refractivity contribution >= 4 is 22.6 Å². The van der Waals surface area contributed by atoms with Crippen LogP contribution in [-0.4, -0.2) is 24.0 Å². The van der Waals surface area contributed by atoms with Crippen LogP contribution in [0, 0.1) is 0 Å². The fraction of sp³-hybridized carbons (Fsp3) is 0.375. The summed E-state index contributed by atoms with van der Waals surface area (Å²) in [6.07, 6.45) is 2.85. The molecule has 4 heteroatoms. The number of nitrogens with zero attached hydrogens (tertiary/aromatic N) is 1. The Morgan fingerprint density at radius 1 is 1.14 bits per heavy atom. The zero-order chi connectivity index (χ0) is 19.5. The lowest BCUT2D eigenvalue weighted by Gasteiger charge is -2.23. The normalized spacial score (nSPS) is 16.0. The van der Waals surface area contributed by atoms with Gasteiger partial charge in [0.25, 0.3) is 0 Å². The van der Waals surface area contributed by atoms with Gasteiger partial charge in [-0.3, -0.25) is 4.79 Å². The van der Waals surface area contributed by atoms with E-state index in [1.165, 1.54) is 16.8 Å². The Morgan fingerprint density at radius 2 is 1.93 bits per heavy atom. The summed E-state index contributed by atoms with van der Waals surface area (Å²) >= 11 is 0. The highest BCUT2D eigenvalue weighted by Crippen LogP contribution is 2.39. The van der Waals surface area contributed by atoms with Crippen LogP contribution in [0.2, 0.25) is 0 Å². The van der Waals surface area contributed by atoms with Crippen LogP contribution >= 0.6 is 0 Å². The van der Waals surface area contributed by atoms with E-state index in [0.29, 0.717) is 6.61 Å². The molecule has 146 valence electrons. The number of nitrogens with one attached hydrogen (secondary N) is 1. The number of aromatic amines is 1. The number of esters is 1. The van der Waals surface area contributed by atoms with E-state index in [-0.39, 0.29) is 11.9 Å². The molecule has 1 unspecified atom stereocenters. The van der Waals surface area contributed by atoms with Gasteiger partial charge in [0.05, 0.1) is 5.92 Å². The Morgan fingerprint density at radius 3 is 2.68 bits per heavy atom. The van der Waals surface area contributed by atoms with Crippen molar-refractivity contribution in [2.45, 2.75) is 45.6 Å². The molecule has 0 radical (unpaired) electrons. The number of carbonyl (C=O) groups is 1. The first-order chi connectivity index (χ1) is 13.7. The maximum atomic E-state index is 13.0. The SMILES string of the molecule is CCN(CC)c1ccc2[nH]c3c(c2c1)C(C(=O)OCc1ccccc1)CCC3. The molecule has 0 aliphatic heterocycles. The Hall–Kier alpha value is -2.75. The van der Waals surface area contributed by atoms with Gasteiger partial charge in [0.15, 0.2) is 0 Å². The van der Waals surface area contributed by atoms with Gasteiger partial charge >= 0.3 is 5.97 Å². The van der Waals surface area contributed by atoms with Gasteiger partial charge in [0, 0.05) is 35.4 Å². The Kier molecular flexibility index (Phi) is 5.38. The van der Waals surface area contributed by atoms with Crippen molar-refractivity contribution in [3.8, 4) is 0 Å². The molecule has 1 aliphatic rings. The topological polar surface area (TPSA) is 45.3 Å². The molecule has 28 heavy (non-hydrogen) atoms. The van der Waals surface area contributed by atoms with Crippen LogP contribution in [0.1, 0.15) is 49.4 Å². The first-order valence-corrected chi connectivity index (χ1v) is 10.3. The van der Waals surface area contributed by atoms with E-state index in [4.69, 9.17) is 4.74 Å². The highest BCUT2D eigenvalue weighted by Gasteiger charge is 2.31. The molecule has 0 fully saturated rings. The van der Waals surface area contributed by atoms with Crippen LogP contribution in [-0.2, 0) is 22.6 Å². The second kappa shape index (κ2) is 8.09. The third kappa shape index (κ3) is 3.51. The first-order valence-electron chi connectivity index (χ1n) is 10.3. The van der Waals surface area contributed by atoms with Gasteiger partial charge in [-0.1, -0.05) is 30.3 Å². The van der Waals surface area contributed by atoms with Gasteiger partial charge in [-0.2, -0.15) is 0 Å². The van der Waals surface area contributed by atoms with Crippen molar-refractivity contribution in [2.75, 3.05) is 18.0 Å². The largest absolute Gasteiger partial charge is 0.460 e. The number of hydrogen-bond donors (Lipinski definition) is 1. The van der Waals surface area contributed by atoms with Gasteiger partial charge < -0.3 is 14.6 Å². The summed E-state index contributed by atoms with van der Waals surface area (Å²) in [7, 11) is 0. The van der Waals surface area contributed by atoms with Gasteiger partial charge in [0.1, 0.15) is 6.61 Å². The number of hydrogen-bond acceptors (Lipinski definition) is 3. The zero-order valence-electron chi connectivity index (χ0n) is 16.7. The van der Waals surface area contributed by atoms with Crippen LogP contribution in [0.25, 0.3) is 10.9 Å². The molecule has 1 heterocycles. The van der Waals surface area contributed by atoms with Crippen LogP contribution in [0.3, 0.4) is 0 Å². The number of aromatic nitrogens is 1. The summed E-state index contributed by atoms with van der Waals surface area (Å²) in [6.45, 7) is 6.61. The van der Waals surface area contributed by atoms with E-state index < -0.39 is 0 Å². The lowest BCUT2D eigenvalue weighted by atomic mass is 9.85. The van der Waals surface area contributed by atoms with Crippen LogP contribution in [0.4, 0.5) is 5.69 Å². The molecule has 0 bridgehead atoms. The molecule has 0 saturated carbocycles. The Labute approximate surface area is 166 Å². The maximum absolute atomic E-state index is 13.0. The quantitative estimate of drug-likeness (QED) is 0.603. The minimum Gasteiger partial charge on any atom is -0.460 e. The average molecular weight is 377 g/mol. The van der Waals surface area contributed by atoms with E-state index in [1.807, 2.05) is 30.3 Å². The van der Waals surface area contributed by atoms with Crippen LogP contribution in [0.15, 0.2) is 48.5 Å². The number of fused-ring (bicyclic) bond motifs is 3. The van der Waals surface area contributed by atoms with Crippen molar-refractivity contribution in [1.29, 1.82) is 0 Å². The lowest BCUT2D eigenvalue weighted by molar-refractivity contribution is -0.147. The molecule has 1 atom stereocenters. The molecule has 4 nitrogen and oxygen atoms in total. The van der Waals surface area contributed by atoms with E-state index in [0.717, 1.165) is 49.0 Å². The number of benzene rings is 2. The summed E-state index contributed by atoms with van der Waals surface area (Å²) in [6, 6.07) is 16.4. The molecule has 1 aromatic heterocycles. The Bertz CT molecular complexity index is 957. The summed E-state index contributed by atoms with van der Waals surface area (Å²) in [5, 5.41) is 1.17. The molecular formula is C24H28N2O2. The van der Waals surface area contributed by atoms with Gasteiger partial charge in [-0.05, 0) is 62.4 Å². The van der Waals surface area contributed by atoms with Crippen LogP contribution < -0.4 is 4.90 Å². The van der Waals surface area contributed by atoms with E-state index >= 15 is 0 Å². The fourth-order valence-corrected chi connectivity index (χ4v) is 4.33. The van der Waals surface area contributed by atoms with E-state index in [9.17, 15) is 4.79 Å². The van der Waals surface area contributed by atoms with Crippen molar-refractivity contribution in [3.63, 3.8) is 0 Å². The minimum absolute atomic E-state index is 0.112.